The molecule has 1 aliphatic rings. The molecule has 2 aromatic heterocycles. The van der Waals surface area contributed by atoms with Crippen LogP contribution in [0.3, 0.4) is 0 Å². The summed E-state index contributed by atoms with van der Waals surface area (Å²) in [6.07, 6.45) is 3.89. The maximum absolute atomic E-state index is 11.8. The van der Waals surface area contributed by atoms with E-state index in [1.165, 1.54) is 12.8 Å². The fourth-order valence-corrected chi connectivity index (χ4v) is 1.79. The van der Waals surface area contributed by atoms with Crippen molar-refractivity contribution in [2.75, 3.05) is 0 Å². The summed E-state index contributed by atoms with van der Waals surface area (Å²) in [7, 11) is 0. The van der Waals surface area contributed by atoms with Gasteiger partial charge in [-0.15, -0.1) is 0 Å². The number of hydrogen-bond acceptors (Lipinski definition) is 4. The molecule has 2 N–H and O–H groups in total. The van der Waals surface area contributed by atoms with Crippen molar-refractivity contribution in [2.45, 2.75) is 25.7 Å². The van der Waals surface area contributed by atoms with Crippen LogP contribution in [0.25, 0.3) is 0 Å². The van der Waals surface area contributed by atoms with E-state index in [0.717, 1.165) is 5.69 Å². The Bertz CT molecular complexity index is 608. The summed E-state index contributed by atoms with van der Waals surface area (Å²) < 4.78 is 5.17. The van der Waals surface area contributed by atoms with Crippen molar-refractivity contribution in [2.24, 2.45) is 5.10 Å². The molecule has 6 nitrogen and oxygen atoms in total. The number of carbonyl (C=O) groups excluding carboxylic acids is 1. The number of nitrogens with one attached hydrogen (secondary N) is 2. The predicted octanol–water partition coefficient (Wildman–Crippen LogP) is 2.03. The van der Waals surface area contributed by atoms with Gasteiger partial charge in [-0.05, 0) is 38.0 Å². The molecule has 0 aliphatic heterocycles. The van der Waals surface area contributed by atoms with Gasteiger partial charge in [-0.1, -0.05) is 0 Å². The van der Waals surface area contributed by atoms with Crippen LogP contribution in [0.1, 0.15) is 47.6 Å². The molecule has 1 amide bonds. The van der Waals surface area contributed by atoms with Gasteiger partial charge in [0.05, 0.1) is 6.26 Å². The third-order valence-corrected chi connectivity index (χ3v) is 3.05. The highest BCUT2D eigenvalue weighted by Crippen LogP contribution is 2.38. The summed E-state index contributed by atoms with van der Waals surface area (Å²) in [5.41, 5.74) is 4.46. The van der Waals surface area contributed by atoms with E-state index < -0.39 is 0 Å². The van der Waals surface area contributed by atoms with E-state index in [-0.39, 0.29) is 5.91 Å². The number of furan rings is 1. The molecule has 0 spiro atoms. The molecule has 0 bridgehead atoms. The lowest BCUT2D eigenvalue weighted by Crippen LogP contribution is -2.19. The number of hydrazone groups is 1. The summed E-state index contributed by atoms with van der Waals surface area (Å²) in [6.45, 7) is 1.76. The topological polar surface area (TPSA) is 83.3 Å². The Hall–Kier alpha value is -2.37. The van der Waals surface area contributed by atoms with Crippen LogP contribution in [0.2, 0.25) is 0 Å². The monoisotopic (exact) mass is 258 g/mol. The van der Waals surface area contributed by atoms with Crippen molar-refractivity contribution in [1.29, 1.82) is 0 Å². The van der Waals surface area contributed by atoms with Crippen LogP contribution in [0.15, 0.2) is 34.0 Å². The van der Waals surface area contributed by atoms with Gasteiger partial charge in [-0.2, -0.15) is 10.2 Å². The molecule has 0 atom stereocenters. The molecule has 3 rings (SSSR count). The average molecular weight is 258 g/mol. The van der Waals surface area contributed by atoms with Crippen molar-refractivity contribution in [3.8, 4) is 0 Å². The minimum Gasteiger partial charge on any atom is -0.463 e. The molecule has 1 saturated carbocycles. The van der Waals surface area contributed by atoms with Gasteiger partial charge in [-0.3, -0.25) is 9.89 Å². The molecule has 1 aliphatic carbocycles. The van der Waals surface area contributed by atoms with E-state index in [4.69, 9.17) is 4.42 Å². The zero-order chi connectivity index (χ0) is 13.2. The fraction of sp³-hybridized carbons (Fsp3) is 0.308. The van der Waals surface area contributed by atoms with Crippen molar-refractivity contribution < 1.29 is 9.21 Å². The summed E-state index contributed by atoms with van der Waals surface area (Å²) >= 11 is 0. The number of carbonyl (C=O) groups is 1. The summed E-state index contributed by atoms with van der Waals surface area (Å²) in [5.74, 6) is 0.845. The molecule has 2 heterocycles. The molecule has 0 radical (unpaired) electrons. The molecule has 2 aromatic rings. The van der Waals surface area contributed by atoms with Crippen LogP contribution in [0, 0.1) is 0 Å². The molecule has 6 heteroatoms. The lowest BCUT2D eigenvalue weighted by molar-refractivity contribution is 0.0950. The highest BCUT2D eigenvalue weighted by atomic mass is 16.3. The third-order valence-electron chi connectivity index (χ3n) is 3.05. The zero-order valence-electron chi connectivity index (χ0n) is 10.5. The lowest BCUT2D eigenvalue weighted by Gasteiger charge is -1.97. The van der Waals surface area contributed by atoms with Crippen LogP contribution < -0.4 is 5.43 Å². The molecular formula is C13H14N4O2. The molecule has 19 heavy (non-hydrogen) atoms. The van der Waals surface area contributed by atoms with Crippen molar-refractivity contribution >= 4 is 11.6 Å². The Labute approximate surface area is 109 Å². The zero-order valence-corrected chi connectivity index (χ0v) is 10.5. The second kappa shape index (κ2) is 4.72. The number of aromatic nitrogens is 2. The Morgan fingerprint density at radius 2 is 2.42 bits per heavy atom. The molecule has 0 unspecified atom stereocenters. The van der Waals surface area contributed by atoms with Crippen LogP contribution in [-0.4, -0.2) is 21.8 Å². The minimum atomic E-state index is -0.325. The van der Waals surface area contributed by atoms with Crippen LogP contribution in [0.4, 0.5) is 0 Å². The highest BCUT2D eigenvalue weighted by Gasteiger charge is 2.26. The van der Waals surface area contributed by atoms with Crippen LogP contribution in [0.5, 0.6) is 0 Å². The van der Waals surface area contributed by atoms with E-state index in [1.807, 2.05) is 0 Å². The fourth-order valence-electron chi connectivity index (χ4n) is 1.79. The van der Waals surface area contributed by atoms with Gasteiger partial charge < -0.3 is 4.42 Å². The number of H-pyrrole nitrogens is 1. The normalized spacial score (nSPS) is 15.5. The number of amides is 1. The minimum absolute atomic E-state index is 0.325. The van der Waals surface area contributed by atoms with Crippen molar-refractivity contribution in [1.82, 2.24) is 15.6 Å². The van der Waals surface area contributed by atoms with Gasteiger partial charge >= 0.3 is 0 Å². The number of nitrogens with zero attached hydrogens (tertiary/aromatic N) is 2. The maximum atomic E-state index is 11.8. The Morgan fingerprint density at radius 1 is 1.58 bits per heavy atom. The SMILES string of the molecule is C/C(=N/NC(=O)c1cc(C2CC2)[nH]n1)c1ccco1. The van der Waals surface area contributed by atoms with Gasteiger partial charge in [0.1, 0.15) is 11.5 Å². The van der Waals surface area contributed by atoms with E-state index in [1.54, 1.807) is 31.4 Å². The number of hydrogen-bond donors (Lipinski definition) is 2. The van der Waals surface area contributed by atoms with Gasteiger partial charge in [0.15, 0.2) is 5.69 Å². The van der Waals surface area contributed by atoms with E-state index >= 15 is 0 Å². The standard InChI is InChI=1S/C13H14N4O2/c1-8(12-3-2-6-19-12)14-17-13(18)11-7-10(15-16-11)9-4-5-9/h2-3,6-7,9H,4-5H2,1H3,(H,15,16)(H,17,18)/b14-8-. The second-order valence-electron chi connectivity index (χ2n) is 4.60. The van der Waals surface area contributed by atoms with Crippen LogP contribution >= 0.6 is 0 Å². The second-order valence-corrected chi connectivity index (χ2v) is 4.60. The quantitative estimate of drug-likeness (QED) is 0.650. The first-order valence-electron chi connectivity index (χ1n) is 6.18. The smallest absolute Gasteiger partial charge is 0.291 e. The van der Waals surface area contributed by atoms with E-state index in [9.17, 15) is 4.79 Å². The third kappa shape index (κ3) is 2.57. The predicted molar refractivity (Wildman–Crippen MR) is 68.9 cm³/mol. The molecule has 0 aromatic carbocycles. The summed E-state index contributed by atoms with van der Waals surface area (Å²) in [4.78, 5) is 11.8. The highest BCUT2D eigenvalue weighted by molar-refractivity contribution is 5.98. The number of aromatic amines is 1. The first-order valence-corrected chi connectivity index (χ1v) is 6.18. The maximum Gasteiger partial charge on any atom is 0.291 e. The van der Waals surface area contributed by atoms with E-state index in [0.29, 0.717) is 23.1 Å². The summed E-state index contributed by atoms with van der Waals surface area (Å²) in [6, 6.07) is 5.33. The first kappa shape index (κ1) is 11.7. The number of rotatable bonds is 4. The Balaban J connectivity index is 1.65. The molecule has 1 fully saturated rings. The lowest BCUT2D eigenvalue weighted by atomic mass is 10.2. The van der Waals surface area contributed by atoms with Crippen molar-refractivity contribution in [3.05, 3.63) is 41.6 Å². The van der Waals surface area contributed by atoms with Gasteiger partial charge in [0, 0.05) is 11.6 Å². The molecule has 98 valence electrons. The Kier molecular flexibility index (Phi) is 2.91. The van der Waals surface area contributed by atoms with Crippen molar-refractivity contribution in [3.63, 3.8) is 0 Å². The molecule has 0 saturated heterocycles. The van der Waals surface area contributed by atoms with Gasteiger partial charge in [0.25, 0.3) is 5.91 Å². The Morgan fingerprint density at radius 3 is 3.11 bits per heavy atom. The average Bonchev–Trinajstić information content (AvgIpc) is 2.96. The summed E-state index contributed by atoms with van der Waals surface area (Å²) in [5, 5.41) is 10.9. The van der Waals surface area contributed by atoms with Crippen LogP contribution in [-0.2, 0) is 0 Å². The largest absolute Gasteiger partial charge is 0.463 e. The van der Waals surface area contributed by atoms with E-state index in [2.05, 4.69) is 20.7 Å². The molecular weight excluding hydrogens is 244 g/mol. The first-order chi connectivity index (χ1) is 9.24. The van der Waals surface area contributed by atoms with Gasteiger partial charge in [-0.25, -0.2) is 5.43 Å². The van der Waals surface area contributed by atoms with Gasteiger partial charge in [0.2, 0.25) is 0 Å².